The van der Waals surface area contributed by atoms with E-state index < -0.39 is 0 Å². The lowest BCUT2D eigenvalue weighted by Gasteiger charge is -2.26. The fourth-order valence-electron chi connectivity index (χ4n) is 3.62. The number of carbonyl (C=O) groups excluding carboxylic acids is 2. The zero-order valence-electron chi connectivity index (χ0n) is 14.2. The van der Waals surface area contributed by atoms with Crippen LogP contribution in [-0.2, 0) is 11.2 Å². The Kier molecular flexibility index (Phi) is 4.55. The summed E-state index contributed by atoms with van der Waals surface area (Å²) in [5.74, 6) is 0.359. The van der Waals surface area contributed by atoms with E-state index in [1.54, 1.807) is 18.2 Å². The van der Waals surface area contributed by atoms with Crippen LogP contribution in [0.15, 0.2) is 42.5 Å². The molecule has 0 aromatic heterocycles. The third-order valence-electron chi connectivity index (χ3n) is 4.91. The highest BCUT2D eigenvalue weighted by Gasteiger charge is 2.30. The molecule has 1 atom stereocenters. The summed E-state index contributed by atoms with van der Waals surface area (Å²) in [6.07, 6.45) is 2.68. The van der Waals surface area contributed by atoms with Crippen LogP contribution in [0.4, 0.5) is 5.69 Å². The van der Waals surface area contributed by atoms with E-state index >= 15 is 0 Å². The molecule has 2 heterocycles. The highest BCUT2D eigenvalue weighted by atomic mass is 35.5. The van der Waals surface area contributed by atoms with Gasteiger partial charge >= 0.3 is 0 Å². The smallest absolute Gasteiger partial charge is 0.262 e. The zero-order valence-corrected chi connectivity index (χ0v) is 15.0. The molecule has 1 fully saturated rings. The van der Waals surface area contributed by atoms with Crippen LogP contribution >= 0.6 is 11.6 Å². The van der Waals surface area contributed by atoms with Crippen LogP contribution < -0.4 is 10.1 Å². The van der Waals surface area contributed by atoms with Gasteiger partial charge in [0, 0.05) is 23.2 Å². The average Bonchev–Trinajstić information content (AvgIpc) is 3.10. The Morgan fingerprint density at radius 1 is 1.27 bits per heavy atom. The summed E-state index contributed by atoms with van der Waals surface area (Å²) < 4.78 is 5.36. The number of amides is 2. The minimum Gasteiger partial charge on any atom is -0.482 e. The van der Waals surface area contributed by atoms with Crippen LogP contribution in [0.5, 0.6) is 5.75 Å². The van der Waals surface area contributed by atoms with Crippen LogP contribution in [0.2, 0.25) is 5.02 Å². The average molecular weight is 371 g/mol. The van der Waals surface area contributed by atoms with Crippen molar-refractivity contribution in [2.24, 2.45) is 0 Å². The molecule has 2 aromatic rings. The molecule has 1 unspecified atom stereocenters. The molecule has 0 saturated carbocycles. The number of hydrogen-bond acceptors (Lipinski definition) is 3. The number of halogens is 1. The van der Waals surface area contributed by atoms with Gasteiger partial charge in [-0.3, -0.25) is 9.59 Å². The van der Waals surface area contributed by atoms with Crippen molar-refractivity contribution in [1.29, 1.82) is 0 Å². The number of hydrogen-bond donors (Lipinski definition) is 1. The van der Waals surface area contributed by atoms with Gasteiger partial charge in [-0.15, -0.1) is 0 Å². The molecule has 2 aliphatic rings. The number of anilines is 1. The van der Waals surface area contributed by atoms with E-state index in [2.05, 4.69) is 5.32 Å². The lowest BCUT2D eigenvalue weighted by Crippen LogP contribution is -2.37. The fourth-order valence-corrected chi connectivity index (χ4v) is 3.83. The van der Waals surface area contributed by atoms with Gasteiger partial charge in [0.25, 0.3) is 11.8 Å². The summed E-state index contributed by atoms with van der Waals surface area (Å²) in [5, 5.41) is 3.49. The number of nitrogens with zero attached hydrogens (tertiary/aromatic N) is 1. The number of fused-ring (bicyclic) bond motifs is 1. The first kappa shape index (κ1) is 16.9. The fraction of sp³-hybridized carbons (Fsp3) is 0.300. The molecule has 0 radical (unpaired) electrons. The van der Waals surface area contributed by atoms with Crippen LogP contribution in [0.25, 0.3) is 0 Å². The van der Waals surface area contributed by atoms with E-state index in [0.717, 1.165) is 36.4 Å². The highest BCUT2D eigenvalue weighted by molar-refractivity contribution is 6.31. The molecular formula is C20H19ClN2O3. The van der Waals surface area contributed by atoms with Crippen molar-refractivity contribution >= 4 is 29.1 Å². The summed E-state index contributed by atoms with van der Waals surface area (Å²) in [7, 11) is 0. The second-order valence-corrected chi connectivity index (χ2v) is 7.05. The molecular weight excluding hydrogens is 352 g/mol. The molecule has 0 spiro atoms. The first-order valence-corrected chi connectivity index (χ1v) is 9.11. The molecule has 0 bridgehead atoms. The van der Waals surface area contributed by atoms with Gasteiger partial charge in [0.05, 0.1) is 5.69 Å². The quantitative estimate of drug-likeness (QED) is 0.899. The van der Waals surface area contributed by atoms with Crippen molar-refractivity contribution in [2.45, 2.75) is 25.3 Å². The molecule has 2 amide bonds. The molecule has 134 valence electrons. The second kappa shape index (κ2) is 7.00. The van der Waals surface area contributed by atoms with Crippen molar-refractivity contribution in [3.8, 4) is 5.75 Å². The van der Waals surface area contributed by atoms with Gasteiger partial charge < -0.3 is 15.0 Å². The summed E-state index contributed by atoms with van der Waals surface area (Å²) in [4.78, 5) is 26.5. The van der Waals surface area contributed by atoms with Crippen LogP contribution in [0, 0.1) is 0 Å². The normalized spacial score (nSPS) is 18.9. The van der Waals surface area contributed by atoms with E-state index in [9.17, 15) is 9.59 Å². The predicted octanol–water partition coefficient (Wildman–Crippen LogP) is 3.52. The first-order chi connectivity index (χ1) is 12.6. The Hall–Kier alpha value is -2.53. The van der Waals surface area contributed by atoms with E-state index in [1.807, 2.05) is 29.2 Å². The Balaban J connectivity index is 1.54. The van der Waals surface area contributed by atoms with Gasteiger partial charge in [-0.05, 0) is 49.1 Å². The molecule has 5 nitrogen and oxygen atoms in total. The third-order valence-corrected chi connectivity index (χ3v) is 5.28. The Morgan fingerprint density at radius 3 is 2.96 bits per heavy atom. The minimum absolute atomic E-state index is 0.00628. The molecule has 2 aliphatic heterocycles. The van der Waals surface area contributed by atoms with Crippen molar-refractivity contribution in [2.75, 3.05) is 18.5 Å². The van der Waals surface area contributed by atoms with Crippen LogP contribution in [0.3, 0.4) is 0 Å². The maximum atomic E-state index is 13.0. The molecule has 1 N–H and O–H groups in total. The molecule has 4 rings (SSSR count). The minimum atomic E-state index is -0.208. The Morgan fingerprint density at radius 2 is 2.12 bits per heavy atom. The summed E-state index contributed by atoms with van der Waals surface area (Å²) in [6, 6.07) is 13.1. The molecule has 6 heteroatoms. The number of benzene rings is 2. The van der Waals surface area contributed by atoms with Crippen molar-refractivity contribution < 1.29 is 14.3 Å². The van der Waals surface area contributed by atoms with Crippen molar-refractivity contribution in [3.63, 3.8) is 0 Å². The summed E-state index contributed by atoms with van der Waals surface area (Å²) in [6.45, 7) is 0.736. The molecule has 1 saturated heterocycles. The van der Waals surface area contributed by atoms with Gasteiger partial charge in [0.1, 0.15) is 5.75 Å². The molecule has 0 aliphatic carbocycles. The lowest BCUT2D eigenvalue weighted by atomic mass is 10.0. The monoisotopic (exact) mass is 370 g/mol. The number of nitrogens with one attached hydrogen (secondary N) is 1. The van der Waals surface area contributed by atoms with Crippen molar-refractivity contribution in [1.82, 2.24) is 4.90 Å². The second-order valence-electron chi connectivity index (χ2n) is 6.64. The van der Waals surface area contributed by atoms with Crippen LogP contribution in [0.1, 0.15) is 28.8 Å². The number of ether oxygens (including phenoxy) is 1. The number of rotatable bonds is 3. The van der Waals surface area contributed by atoms with E-state index in [0.29, 0.717) is 17.0 Å². The lowest BCUT2D eigenvalue weighted by molar-refractivity contribution is -0.118. The highest BCUT2D eigenvalue weighted by Crippen LogP contribution is 2.31. The topological polar surface area (TPSA) is 58.6 Å². The number of carbonyl (C=O) groups is 2. The van der Waals surface area contributed by atoms with Gasteiger partial charge in [-0.25, -0.2) is 0 Å². The standard InChI is InChI=1S/C20H19ClN2O3/c21-16-6-2-1-4-13(16)10-15-5-3-9-23(15)20(25)14-7-8-18-17(11-14)22-19(24)12-26-18/h1-2,4,6-8,11,15H,3,5,9-10,12H2,(H,22,24). The van der Waals surface area contributed by atoms with E-state index in [1.165, 1.54) is 0 Å². The summed E-state index contributed by atoms with van der Waals surface area (Å²) in [5.41, 5.74) is 2.17. The Labute approximate surface area is 156 Å². The molecule has 2 aromatic carbocycles. The van der Waals surface area contributed by atoms with Gasteiger partial charge in [0.15, 0.2) is 6.61 Å². The third kappa shape index (κ3) is 3.27. The first-order valence-electron chi connectivity index (χ1n) is 8.73. The zero-order chi connectivity index (χ0) is 18.1. The Bertz CT molecular complexity index is 868. The largest absolute Gasteiger partial charge is 0.482 e. The number of likely N-dealkylation sites (tertiary alicyclic amines) is 1. The predicted molar refractivity (Wildman–Crippen MR) is 99.8 cm³/mol. The van der Waals surface area contributed by atoms with Gasteiger partial charge in [-0.2, -0.15) is 0 Å². The van der Waals surface area contributed by atoms with Crippen LogP contribution in [-0.4, -0.2) is 35.9 Å². The van der Waals surface area contributed by atoms with Crippen molar-refractivity contribution in [3.05, 3.63) is 58.6 Å². The van der Waals surface area contributed by atoms with E-state index in [4.69, 9.17) is 16.3 Å². The maximum absolute atomic E-state index is 13.0. The molecule has 26 heavy (non-hydrogen) atoms. The summed E-state index contributed by atoms with van der Waals surface area (Å²) >= 11 is 6.28. The van der Waals surface area contributed by atoms with E-state index in [-0.39, 0.29) is 24.5 Å². The maximum Gasteiger partial charge on any atom is 0.262 e. The SMILES string of the molecule is O=C1COc2ccc(C(=O)N3CCCC3Cc3ccccc3Cl)cc2N1. The van der Waals surface area contributed by atoms with Gasteiger partial charge in [0.2, 0.25) is 0 Å². The van der Waals surface area contributed by atoms with Gasteiger partial charge in [-0.1, -0.05) is 29.8 Å².